The minimum Gasteiger partial charge on any atom is -0.491 e. The molecule has 1 aliphatic rings. The summed E-state index contributed by atoms with van der Waals surface area (Å²) in [5, 5.41) is 0. The average molecular weight is 308 g/mol. The Labute approximate surface area is 133 Å². The summed E-state index contributed by atoms with van der Waals surface area (Å²) in [7, 11) is 3.37. The molecule has 1 aliphatic carbocycles. The highest BCUT2D eigenvalue weighted by atomic mass is 16.5. The van der Waals surface area contributed by atoms with Crippen LogP contribution in [0.5, 0.6) is 5.75 Å². The van der Waals surface area contributed by atoms with Crippen LogP contribution in [0.25, 0.3) is 0 Å². The van der Waals surface area contributed by atoms with Gasteiger partial charge in [-0.15, -0.1) is 0 Å². The van der Waals surface area contributed by atoms with Gasteiger partial charge in [-0.25, -0.2) is 0 Å². The van der Waals surface area contributed by atoms with Crippen LogP contribution in [-0.2, 0) is 20.8 Å². The van der Waals surface area contributed by atoms with Crippen molar-refractivity contribution in [2.75, 3.05) is 40.6 Å². The second kappa shape index (κ2) is 9.82. The van der Waals surface area contributed by atoms with E-state index in [4.69, 9.17) is 18.9 Å². The van der Waals surface area contributed by atoms with Crippen molar-refractivity contribution in [2.45, 2.75) is 38.2 Å². The molecule has 1 saturated carbocycles. The maximum Gasteiger partial charge on any atom is 0.125 e. The lowest BCUT2D eigenvalue weighted by atomic mass is 9.96. The second-order valence-corrected chi connectivity index (χ2v) is 5.74. The first-order valence-corrected chi connectivity index (χ1v) is 8.16. The molecule has 1 aromatic carbocycles. The summed E-state index contributed by atoms with van der Waals surface area (Å²) in [5.41, 5.74) is 2.49. The van der Waals surface area contributed by atoms with Gasteiger partial charge in [-0.2, -0.15) is 0 Å². The molecule has 2 rings (SSSR count). The zero-order valence-corrected chi connectivity index (χ0v) is 13.8. The first-order chi connectivity index (χ1) is 10.8. The van der Waals surface area contributed by atoms with E-state index in [1.165, 1.54) is 31.2 Å². The quantitative estimate of drug-likeness (QED) is 0.620. The molecule has 0 aromatic heterocycles. The summed E-state index contributed by atoms with van der Waals surface area (Å²) in [6, 6.07) is 6.57. The molecule has 0 aliphatic heterocycles. The third kappa shape index (κ3) is 5.27. The number of benzene rings is 1. The van der Waals surface area contributed by atoms with Gasteiger partial charge in [0.05, 0.1) is 26.4 Å². The molecule has 0 atom stereocenters. The Morgan fingerprint density at radius 2 is 1.68 bits per heavy atom. The van der Waals surface area contributed by atoms with Crippen molar-refractivity contribution >= 4 is 0 Å². The van der Waals surface area contributed by atoms with E-state index in [0.717, 1.165) is 11.3 Å². The third-order valence-corrected chi connectivity index (χ3v) is 4.15. The highest BCUT2D eigenvalue weighted by Crippen LogP contribution is 2.36. The molecular weight excluding hydrogens is 280 g/mol. The molecule has 0 radical (unpaired) electrons. The van der Waals surface area contributed by atoms with Crippen molar-refractivity contribution in [3.8, 4) is 5.75 Å². The third-order valence-electron chi connectivity index (χ3n) is 4.15. The molecule has 4 nitrogen and oxygen atoms in total. The van der Waals surface area contributed by atoms with Gasteiger partial charge in [-0.1, -0.05) is 25.0 Å². The van der Waals surface area contributed by atoms with Gasteiger partial charge in [0.25, 0.3) is 0 Å². The minimum absolute atomic E-state index is 0.552. The lowest BCUT2D eigenvalue weighted by molar-refractivity contribution is 0.0600. The van der Waals surface area contributed by atoms with E-state index in [2.05, 4.69) is 18.2 Å². The van der Waals surface area contributed by atoms with Crippen LogP contribution in [0.15, 0.2) is 18.2 Å². The van der Waals surface area contributed by atoms with E-state index in [1.54, 1.807) is 14.2 Å². The molecule has 0 heterocycles. The first kappa shape index (κ1) is 17.3. The van der Waals surface area contributed by atoms with Crippen molar-refractivity contribution in [3.63, 3.8) is 0 Å². The van der Waals surface area contributed by atoms with Gasteiger partial charge in [0.2, 0.25) is 0 Å². The smallest absolute Gasteiger partial charge is 0.125 e. The fourth-order valence-electron chi connectivity index (χ4n) is 2.90. The fourth-order valence-corrected chi connectivity index (χ4v) is 2.90. The topological polar surface area (TPSA) is 36.9 Å². The van der Waals surface area contributed by atoms with E-state index >= 15 is 0 Å². The van der Waals surface area contributed by atoms with E-state index in [1.807, 2.05) is 0 Å². The van der Waals surface area contributed by atoms with Crippen LogP contribution < -0.4 is 4.74 Å². The molecule has 0 spiro atoms. The SMILES string of the molecule is COCCOCc1ccc(C2CCCC2)cc1OCCOC. The minimum atomic E-state index is 0.552. The first-order valence-electron chi connectivity index (χ1n) is 8.16. The molecule has 0 N–H and O–H groups in total. The Balaban J connectivity index is 2.01. The Bertz CT molecular complexity index is 427. The lowest BCUT2D eigenvalue weighted by Gasteiger charge is -2.16. The van der Waals surface area contributed by atoms with Gasteiger partial charge in [0, 0.05) is 19.8 Å². The van der Waals surface area contributed by atoms with Crippen molar-refractivity contribution in [3.05, 3.63) is 29.3 Å². The summed E-state index contributed by atoms with van der Waals surface area (Å²) in [4.78, 5) is 0. The van der Waals surface area contributed by atoms with Crippen molar-refractivity contribution in [1.82, 2.24) is 0 Å². The van der Waals surface area contributed by atoms with Crippen LogP contribution in [0.4, 0.5) is 0 Å². The second-order valence-electron chi connectivity index (χ2n) is 5.74. The fraction of sp³-hybridized carbons (Fsp3) is 0.667. The van der Waals surface area contributed by atoms with Gasteiger partial charge in [0.15, 0.2) is 0 Å². The summed E-state index contributed by atoms with van der Waals surface area (Å²) >= 11 is 0. The molecule has 0 unspecified atom stereocenters. The number of methoxy groups -OCH3 is 2. The van der Waals surface area contributed by atoms with Crippen LogP contribution in [0.2, 0.25) is 0 Å². The van der Waals surface area contributed by atoms with Gasteiger partial charge in [-0.3, -0.25) is 0 Å². The number of ether oxygens (including phenoxy) is 4. The van der Waals surface area contributed by atoms with Gasteiger partial charge in [-0.05, 0) is 30.4 Å². The molecule has 1 aromatic rings. The van der Waals surface area contributed by atoms with Gasteiger partial charge >= 0.3 is 0 Å². The molecule has 124 valence electrons. The standard InChI is InChI=1S/C18H28O4/c1-19-9-11-21-14-17-8-7-16(15-5-3-4-6-15)13-18(17)22-12-10-20-2/h7-8,13,15H,3-6,9-12,14H2,1-2H3. The predicted octanol–water partition coefficient (Wildman–Crippen LogP) is 3.53. The number of rotatable bonds is 10. The van der Waals surface area contributed by atoms with Crippen molar-refractivity contribution in [2.24, 2.45) is 0 Å². The van der Waals surface area contributed by atoms with Crippen LogP contribution in [0.3, 0.4) is 0 Å². The molecule has 0 amide bonds. The van der Waals surface area contributed by atoms with Gasteiger partial charge < -0.3 is 18.9 Å². The molecular formula is C18H28O4. The number of hydrogen-bond donors (Lipinski definition) is 0. The Morgan fingerprint density at radius 1 is 0.955 bits per heavy atom. The Kier molecular flexibility index (Phi) is 7.71. The zero-order valence-electron chi connectivity index (χ0n) is 13.8. The Morgan fingerprint density at radius 3 is 2.41 bits per heavy atom. The maximum absolute atomic E-state index is 5.90. The van der Waals surface area contributed by atoms with Crippen LogP contribution >= 0.6 is 0 Å². The van der Waals surface area contributed by atoms with E-state index in [9.17, 15) is 0 Å². The largest absolute Gasteiger partial charge is 0.491 e. The summed E-state index contributed by atoms with van der Waals surface area (Å²) in [6.07, 6.45) is 5.27. The van der Waals surface area contributed by atoms with Crippen LogP contribution in [0, 0.1) is 0 Å². The van der Waals surface area contributed by atoms with Crippen LogP contribution in [-0.4, -0.2) is 40.6 Å². The summed E-state index contributed by atoms with van der Waals surface area (Å²) in [6.45, 7) is 2.92. The van der Waals surface area contributed by atoms with Gasteiger partial charge in [0.1, 0.15) is 12.4 Å². The monoisotopic (exact) mass is 308 g/mol. The van der Waals surface area contributed by atoms with Crippen molar-refractivity contribution in [1.29, 1.82) is 0 Å². The average Bonchev–Trinajstić information content (AvgIpc) is 3.07. The molecule has 1 fully saturated rings. The van der Waals surface area contributed by atoms with E-state index < -0.39 is 0 Å². The number of hydrogen-bond acceptors (Lipinski definition) is 4. The van der Waals surface area contributed by atoms with E-state index in [-0.39, 0.29) is 0 Å². The predicted molar refractivity (Wildman–Crippen MR) is 86.6 cm³/mol. The molecule has 0 bridgehead atoms. The summed E-state index contributed by atoms with van der Waals surface area (Å²) < 4.78 is 21.6. The molecule has 4 heteroatoms. The highest BCUT2D eigenvalue weighted by molar-refractivity contribution is 5.39. The maximum atomic E-state index is 5.90. The summed E-state index contributed by atoms with van der Waals surface area (Å²) in [5.74, 6) is 1.62. The lowest BCUT2D eigenvalue weighted by Crippen LogP contribution is -2.08. The normalized spacial score (nSPS) is 15.4. The Hall–Kier alpha value is -1.10. The molecule has 0 saturated heterocycles. The van der Waals surface area contributed by atoms with Crippen LogP contribution in [0.1, 0.15) is 42.7 Å². The molecule has 22 heavy (non-hydrogen) atoms. The van der Waals surface area contributed by atoms with E-state index in [0.29, 0.717) is 39.0 Å². The highest BCUT2D eigenvalue weighted by Gasteiger charge is 2.18. The zero-order chi connectivity index (χ0) is 15.6. The van der Waals surface area contributed by atoms with Crippen molar-refractivity contribution < 1.29 is 18.9 Å².